The number of imide groups is 1. The number of amides is 3. The van der Waals surface area contributed by atoms with Gasteiger partial charge in [-0.05, 0) is 25.0 Å². The predicted octanol–water partition coefficient (Wildman–Crippen LogP) is 1.84. The Labute approximate surface area is 148 Å². The normalized spacial score (nSPS) is 13.4. The van der Waals surface area contributed by atoms with Crippen LogP contribution >= 0.6 is 11.8 Å². The topological polar surface area (TPSA) is 93.1 Å². The van der Waals surface area contributed by atoms with Crippen LogP contribution in [0.25, 0.3) is 10.9 Å². The number of nitrogens with zero attached hydrogens (tertiary/aromatic N) is 2. The smallest absolute Gasteiger partial charge is 0.321 e. The molecule has 1 aliphatic carbocycles. The quantitative estimate of drug-likeness (QED) is 0.467. The first-order valence-electron chi connectivity index (χ1n) is 7.93. The number of carbonyl (C=O) groups is 2. The zero-order valence-corrected chi connectivity index (χ0v) is 14.3. The van der Waals surface area contributed by atoms with Gasteiger partial charge in [-0.15, -0.1) is 6.58 Å². The van der Waals surface area contributed by atoms with E-state index in [1.807, 2.05) is 12.1 Å². The lowest BCUT2D eigenvalue weighted by Gasteiger charge is -2.12. The number of hydrogen-bond acceptors (Lipinski definition) is 5. The first kappa shape index (κ1) is 17.2. The van der Waals surface area contributed by atoms with Crippen molar-refractivity contribution < 1.29 is 9.59 Å². The van der Waals surface area contributed by atoms with Gasteiger partial charge in [-0.3, -0.25) is 19.5 Å². The van der Waals surface area contributed by atoms with E-state index in [1.54, 1.807) is 16.7 Å². The number of benzene rings is 1. The van der Waals surface area contributed by atoms with Crippen molar-refractivity contribution in [3.05, 3.63) is 47.3 Å². The van der Waals surface area contributed by atoms with Gasteiger partial charge in [0.05, 0.1) is 16.7 Å². The molecule has 0 aliphatic heterocycles. The molecule has 2 N–H and O–H groups in total. The largest absolute Gasteiger partial charge is 0.334 e. The highest BCUT2D eigenvalue weighted by Crippen LogP contribution is 2.36. The Morgan fingerprint density at radius 2 is 2.12 bits per heavy atom. The fourth-order valence-corrected chi connectivity index (χ4v) is 3.25. The van der Waals surface area contributed by atoms with E-state index in [0.29, 0.717) is 16.1 Å². The van der Waals surface area contributed by atoms with Gasteiger partial charge in [-0.1, -0.05) is 30.0 Å². The molecule has 0 bridgehead atoms. The third kappa shape index (κ3) is 4.08. The minimum Gasteiger partial charge on any atom is -0.334 e. The van der Waals surface area contributed by atoms with Gasteiger partial charge in [-0.25, -0.2) is 9.78 Å². The number of fused-ring (bicyclic) bond motifs is 1. The number of hydrogen-bond donors (Lipinski definition) is 2. The summed E-state index contributed by atoms with van der Waals surface area (Å²) >= 11 is 1.16. The van der Waals surface area contributed by atoms with E-state index < -0.39 is 11.9 Å². The van der Waals surface area contributed by atoms with Gasteiger partial charge < -0.3 is 5.32 Å². The van der Waals surface area contributed by atoms with Crippen LogP contribution in [0.2, 0.25) is 0 Å². The van der Waals surface area contributed by atoms with Crippen LogP contribution in [0, 0.1) is 0 Å². The summed E-state index contributed by atoms with van der Waals surface area (Å²) in [5.41, 5.74) is 0.524. The Hall–Kier alpha value is -2.61. The number of rotatable bonds is 6. The second-order valence-electron chi connectivity index (χ2n) is 5.65. The van der Waals surface area contributed by atoms with E-state index in [4.69, 9.17) is 0 Å². The van der Waals surface area contributed by atoms with Gasteiger partial charge in [-0.2, -0.15) is 0 Å². The van der Waals surface area contributed by atoms with Crippen molar-refractivity contribution in [3.63, 3.8) is 0 Å². The molecule has 7 nitrogen and oxygen atoms in total. The van der Waals surface area contributed by atoms with E-state index >= 15 is 0 Å². The van der Waals surface area contributed by atoms with Crippen LogP contribution in [0.4, 0.5) is 4.79 Å². The number of urea groups is 1. The average molecular weight is 358 g/mol. The van der Waals surface area contributed by atoms with Crippen molar-refractivity contribution in [2.75, 3.05) is 12.3 Å². The summed E-state index contributed by atoms with van der Waals surface area (Å²) in [7, 11) is 0. The number of carbonyl (C=O) groups excluding carboxylic acids is 2. The molecule has 0 unspecified atom stereocenters. The molecule has 1 saturated carbocycles. The first-order chi connectivity index (χ1) is 12.1. The van der Waals surface area contributed by atoms with E-state index in [9.17, 15) is 14.4 Å². The van der Waals surface area contributed by atoms with Crippen molar-refractivity contribution in [2.45, 2.75) is 24.0 Å². The van der Waals surface area contributed by atoms with Crippen LogP contribution in [0.1, 0.15) is 18.9 Å². The van der Waals surface area contributed by atoms with Gasteiger partial charge >= 0.3 is 6.03 Å². The van der Waals surface area contributed by atoms with Gasteiger partial charge in [0.2, 0.25) is 5.91 Å². The number of para-hydroxylation sites is 1. The second kappa shape index (κ2) is 7.52. The third-order valence-electron chi connectivity index (χ3n) is 3.68. The summed E-state index contributed by atoms with van der Waals surface area (Å²) in [4.78, 5) is 40.6. The van der Waals surface area contributed by atoms with Gasteiger partial charge in [0, 0.05) is 12.6 Å². The fraction of sp³-hybridized carbons (Fsp3) is 0.294. The van der Waals surface area contributed by atoms with Crippen molar-refractivity contribution >= 4 is 34.6 Å². The summed E-state index contributed by atoms with van der Waals surface area (Å²) in [5, 5.41) is 5.78. The molecule has 0 radical (unpaired) electrons. The minimum absolute atomic E-state index is 0.000983. The van der Waals surface area contributed by atoms with E-state index in [-0.39, 0.29) is 23.9 Å². The highest BCUT2D eigenvalue weighted by Gasteiger charge is 2.28. The van der Waals surface area contributed by atoms with Crippen LogP contribution in [-0.4, -0.2) is 33.8 Å². The molecule has 1 aromatic heterocycles. The highest BCUT2D eigenvalue weighted by molar-refractivity contribution is 7.99. The molecule has 1 fully saturated rings. The van der Waals surface area contributed by atoms with Crippen LogP contribution in [0.5, 0.6) is 0 Å². The lowest BCUT2D eigenvalue weighted by Crippen LogP contribution is -2.40. The van der Waals surface area contributed by atoms with Crippen molar-refractivity contribution in [1.29, 1.82) is 0 Å². The summed E-state index contributed by atoms with van der Waals surface area (Å²) in [5.74, 6) is -0.449. The third-order valence-corrected chi connectivity index (χ3v) is 4.63. The minimum atomic E-state index is -0.573. The average Bonchev–Trinajstić information content (AvgIpc) is 3.43. The maximum absolute atomic E-state index is 12.7. The molecule has 3 amide bonds. The van der Waals surface area contributed by atoms with Gasteiger partial charge in [0.1, 0.15) is 0 Å². The lowest BCUT2D eigenvalue weighted by atomic mass is 10.2. The molecule has 25 heavy (non-hydrogen) atoms. The first-order valence-corrected chi connectivity index (χ1v) is 8.91. The second-order valence-corrected chi connectivity index (χ2v) is 6.60. The Balaban J connectivity index is 1.76. The number of aromatic nitrogens is 2. The molecule has 130 valence electrons. The highest BCUT2D eigenvalue weighted by atomic mass is 32.2. The van der Waals surface area contributed by atoms with Crippen LogP contribution in [0.15, 0.2) is 46.9 Å². The molecule has 2 aromatic rings. The lowest BCUT2D eigenvalue weighted by molar-refractivity contribution is -0.117. The predicted molar refractivity (Wildman–Crippen MR) is 96.7 cm³/mol. The molecule has 8 heteroatoms. The van der Waals surface area contributed by atoms with E-state index in [2.05, 4.69) is 22.2 Å². The van der Waals surface area contributed by atoms with Crippen LogP contribution in [-0.2, 0) is 4.79 Å². The molecule has 0 saturated heterocycles. The molecule has 1 aliphatic rings. The summed E-state index contributed by atoms with van der Waals surface area (Å²) in [6.07, 6.45) is 3.39. The molecule has 0 atom stereocenters. The SMILES string of the molecule is C=CCNC(=O)NC(=O)CSc1nc2ccccc2c(=O)n1C1CC1. The van der Waals surface area contributed by atoms with Crippen molar-refractivity contribution in [2.24, 2.45) is 0 Å². The number of thioether (sulfide) groups is 1. The Morgan fingerprint density at radius 3 is 2.84 bits per heavy atom. The zero-order chi connectivity index (χ0) is 17.8. The standard InChI is InChI=1S/C17H18N4O3S/c1-2-9-18-16(24)20-14(22)10-25-17-19-13-6-4-3-5-12(13)15(23)21(17)11-7-8-11/h2-6,11H,1,7-10H2,(H2,18,20,22,24). The summed E-state index contributed by atoms with van der Waals surface area (Å²) < 4.78 is 1.66. The van der Waals surface area contributed by atoms with Gasteiger partial charge in [0.25, 0.3) is 5.56 Å². The monoisotopic (exact) mass is 358 g/mol. The molecule has 1 aromatic carbocycles. The fourth-order valence-electron chi connectivity index (χ4n) is 2.38. The molecular weight excluding hydrogens is 340 g/mol. The van der Waals surface area contributed by atoms with E-state index in [1.165, 1.54) is 6.08 Å². The van der Waals surface area contributed by atoms with Crippen molar-refractivity contribution in [1.82, 2.24) is 20.2 Å². The van der Waals surface area contributed by atoms with Crippen LogP contribution < -0.4 is 16.2 Å². The molecule has 1 heterocycles. The summed E-state index contributed by atoms with van der Waals surface area (Å²) in [6.45, 7) is 3.76. The molecular formula is C17H18N4O3S. The maximum Gasteiger partial charge on any atom is 0.321 e. The Morgan fingerprint density at radius 1 is 1.36 bits per heavy atom. The maximum atomic E-state index is 12.7. The van der Waals surface area contributed by atoms with E-state index in [0.717, 1.165) is 24.6 Å². The van der Waals surface area contributed by atoms with Crippen LogP contribution in [0.3, 0.4) is 0 Å². The Kier molecular flexibility index (Phi) is 5.18. The molecule has 0 spiro atoms. The number of nitrogens with one attached hydrogen (secondary N) is 2. The zero-order valence-electron chi connectivity index (χ0n) is 13.5. The van der Waals surface area contributed by atoms with Gasteiger partial charge in [0.15, 0.2) is 5.16 Å². The molecule has 3 rings (SSSR count). The summed E-state index contributed by atoms with van der Waals surface area (Å²) in [6, 6.07) is 6.74. The van der Waals surface area contributed by atoms with Crippen molar-refractivity contribution in [3.8, 4) is 0 Å². The Bertz CT molecular complexity index is 889.